The summed E-state index contributed by atoms with van der Waals surface area (Å²) in [6, 6.07) is 11.3. The van der Waals surface area contributed by atoms with Crippen LogP contribution in [0.25, 0.3) is 0 Å². The molecular formula is C26H36N2O6S. The van der Waals surface area contributed by atoms with Crippen LogP contribution in [0.3, 0.4) is 0 Å². The number of sulfonamides is 1. The Morgan fingerprint density at radius 2 is 1.69 bits per heavy atom. The molecule has 0 heterocycles. The molecule has 8 nitrogen and oxygen atoms in total. The number of ether oxygens (including phenoxy) is 3. The molecule has 3 rings (SSSR count). The summed E-state index contributed by atoms with van der Waals surface area (Å²) in [4.78, 5) is 12.9. The molecule has 9 heteroatoms. The van der Waals surface area contributed by atoms with Crippen LogP contribution in [0.1, 0.15) is 44.1 Å². The van der Waals surface area contributed by atoms with E-state index in [9.17, 15) is 13.2 Å². The van der Waals surface area contributed by atoms with Crippen LogP contribution in [0.15, 0.2) is 47.4 Å². The van der Waals surface area contributed by atoms with Gasteiger partial charge in [-0.15, -0.1) is 0 Å². The fraction of sp³-hybridized carbons (Fsp3) is 0.500. The van der Waals surface area contributed by atoms with Crippen molar-refractivity contribution in [3.8, 4) is 11.5 Å². The van der Waals surface area contributed by atoms with Gasteiger partial charge in [0.15, 0.2) is 11.5 Å². The Morgan fingerprint density at radius 3 is 2.34 bits per heavy atom. The second kappa shape index (κ2) is 12.8. The van der Waals surface area contributed by atoms with Crippen molar-refractivity contribution in [3.63, 3.8) is 0 Å². The van der Waals surface area contributed by atoms with E-state index in [2.05, 4.69) is 5.32 Å². The molecule has 192 valence electrons. The van der Waals surface area contributed by atoms with Gasteiger partial charge in [0.2, 0.25) is 5.91 Å². The van der Waals surface area contributed by atoms with Crippen molar-refractivity contribution in [2.45, 2.75) is 56.4 Å². The molecule has 1 amide bonds. The van der Waals surface area contributed by atoms with Gasteiger partial charge < -0.3 is 19.5 Å². The molecule has 0 atom stereocenters. The lowest BCUT2D eigenvalue weighted by Crippen LogP contribution is -2.41. The molecule has 0 radical (unpaired) electrons. The number of rotatable bonds is 12. The van der Waals surface area contributed by atoms with Crippen LogP contribution in [0.5, 0.6) is 11.5 Å². The van der Waals surface area contributed by atoms with Gasteiger partial charge in [0.25, 0.3) is 10.0 Å². The number of methoxy groups -OCH3 is 2. The minimum atomic E-state index is -4.01. The van der Waals surface area contributed by atoms with Crippen LogP contribution >= 0.6 is 0 Å². The normalized spacial score (nSPS) is 14.4. The SMILES string of the molecule is COc1ccc(N(CC(=O)NCCCOC2CCCCC2)S(=O)(=O)c2ccc(C)cc2)cc1OC. The monoisotopic (exact) mass is 504 g/mol. The third-order valence-electron chi connectivity index (χ3n) is 6.10. The summed E-state index contributed by atoms with van der Waals surface area (Å²) >= 11 is 0. The number of hydrogen-bond donors (Lipinski definition) is 1. The van der Waals surface area contributed by atoms with Gasteiger partial charge in [-0.1, -0.05) is 37.0 Å². The van der Waals surface area contributed by atoms with Gasteiger partial charge in [0.1, 0.15) is 6.54 Å². The maximum absolute atomic E-state index is 13.5. The van der Waals surface area contributed by atoms with E-state index in [1.165, 1.54) is 33.5 Å². The fourth-order valence-corrected chi connectivity index (χ4v) is 5.51. The summed E-state index contributed by atoms with van der Waals surface area (Å²) in [5.41, 5.74) is 1.24. The first-order chi connectivity index (χ1) is 16.8. The van der Waals surface area contributed by atoms with Crippen molar-refractivity contribution in [1.29, 1.82) is 0 Å². The minimum absolute atomic E-state index is 0.103. The molecule has 0 bridgehead atoms. The second-order valence-corrected chi connectivity index (χ2v) is 10.6. The van der Waals surface area contributed by atoms with E-state index < -0.39 is 15.9 Å². The predicted molar refractivity (Wildman–Crippen MR) is 136 cm³/mol. The second-order valence-electron chi connectivity index (χ2n) is 8.70. The van der Waals surface area contributed by atoms with E-state index in [0.717, 1.165) is 22.7 Å². The van der Waals surface area contributed by atoms with Gasteiger partial charge in [-0.2, -0.15) is 0 Å². The Balaban J connectivity index is 1.70. The van der Waals surface area contributed by atoms with Crippen molar-refractivity contribution < 1.29 is 27.4 Å². The van der Waals surface area contributed by atoms with Crippen molar-refractivity contribution in [1.82, 2.24) is 5.32 Å². The number of nitrogens with zero attached hydrogens (tertiary/aromatic N) is 1. The molecule has 2 aromatic rings. The number of anilines is 1. The van der Waals surface area contributed by atoms with Crippen molar-refractivity contribution in [2.24, 2.45) is 0 Å². The first-order valence-electron chi connectivity index (χ1n) is 12.0. The van der Waals surface area contributed by atoms with Crippen LogP contribution in [0.2, 0.25) is 0 Å². The van der Waals surface area contributed by atoms with Crippen LogP contribution in [0.4, 0.5) is 5.69 Å². The molecule has 1 N–H and O–H groups in total. The highest BCUT2D eigenvalue weighted by Gasteiger charge is 2.28. The standard InChI is InChI=1S/C26H36N2O6S/c1-20-10-13-23(14-11-20)35(30,31)28(21-12-15-24(32-2)25(18-21)33-3)19-26(29)27-16-7-17-34-22-8-5-4-6-9-22/h10-15,18,22H,4-9,16-17,19H2,1-3H3,(H,27,29). The summed E-state index contributed by atoms with van der Waals surface area (Å²) in [5, 5.41) is 2.82. The van der Waals surface area contributed by atoms with E-state index >= 15 is 0 Å². The molecule has 0 saturated heterocycles. The van der Waals surface area contributed by atoms with Gasteiger partial charge in [0, 0.05) is 19.2 Å². The number of benzene rings is 2. The lowest BCUT2D eigenvalue weighted by molar-refractivity contribution is -0.119. The summed E-state index contributed by atoms with van der Waals surface area (Å²) in [5.74, 6) is 0.439. The highest BCUT2D eigenvalue weighted by molar-refractivity contribution is 7.92. The highest BCUT2D eigenvalue weighted by Crippen LogP contribution is 2.33. The van der Waals surface area contributed by atoms with Crippen LogP contribution in [-0.4, -0.2) is 54.3 Å². The molecule has 1 aliphatic rings. The zero-order valence-electron chi connectivity index (χ0n) is 20.8. The topological polar surface area (TPSA) is 94.2 Å². The molecule has 0 spiro atoms. The van der Waals surface area contributed by atoms with Gasteiger partial charge in [-0.25, -0.2) is 8.42 Å². The van der Waals surface area contributed by atoms with Crippen molar-refractivity contribution >= 4 is 21.6 Å². The number of nitrogens with one attached hydrogen (secondary N) is 1. The molecule has 35 heavy (non-hydrogen) atoms. The van der Waals surface area contributed by atoms with E-state index in [0.29, 0.717) is 42.9 Å². The van der Waals surface area contributed by atoms with E-state index in [1.807, 2.05) is 6.92 Å². The lowest BCUT2D eigenvalue weighted by atomic mass is 9.98. The largest absolute Gasteiger partial charge is 0.493 e. The van der Waals surface area contributed by atoms with Crippen LogP contribution < -0.4 is 19.1 Å². The molecule has 1 saturated carbocycles. The Morgan fingerprint density at radius 1 is 1.00 bits per heavy atom. The number of carbonyl (C=O) groups is 1. The Bertz CT molecular complexity index is 1070. The predicted octanol–water partition coefficient (Wildman–Crippen LogP) is 4.06. The van der Waals surface area contributed by atoms with E-state index in [1.54, 1.807) is 42.5 Å². The Hall–Kier alpha value is -2.78. The van der Waals surface area contributed by atoms with Gasteiger partial charge in [0.05, 0.1) is 30.9 Å². The lowest BCUT2D eigenvalue weighted by Gasteiger charge is -2.25. The smallest absolute Gasteiger partial charge is 0.264 e. The number of hydrogen-bond acceptors (Lipinski definition) is 6. The molecular weight excluding hydrogens is 468 g/mol. The third-order valence-corrected chi connectivity index (χ3v) is 7.89. The zero-order chi connectivity index (χ0) is 25.3. The van der Waals surface area contributed by atoms with Crippen molar-refractivity contribution in [2.75, 3.05) is 38.2 Å². The number of carbonyl (C=O) groups excluding carboxylic acids is 1. The molecule has 0 aromatic heterocycles. The molecule has 0 aliphatic heterocycles. The third kappa shape index (κ3) is 7.35. The summed E-state index contributed by atoms with van der Waals surface area (Å²) in [7, 11) is -1.03. The van der Waals surface area contributed by atoms with E-state index in [4.69, 9.17) is 14.2 Å². The van der Waals surface area contributed by atoms with Gasteiger partial charge in [-0.05, 0) is 50.5 Å². The zero-order valence-corrected chi connectivity index (χ0v) is 21.6. The summed E-state index contributed by atoms with van der Waals surface area (Å²) in [6.45, 7) is 2.50. The summed E-state index contributed by atoms with van der Waals surface area (Å²) in [6.07, 6.45) is 6.89. The molecule has 1 fully saturated rings. The fourth-order valence-electron chi connectivity index (χ4n) is 4.10. The van der Waals surface area contributed by atoms with E-state index in [-0.39, 0.29) is 11.4 Å². The Labute approximate surface area is 208 Å². The summed E-state index contributed by atoms with van der Waals surface area (Å²) < 4.78 is 44.7. The van der Waals surface area contributed by atoms with Gasteiger partial charge in [-0.3, -0.25) is 9.10 Å². The van der Waals surface area contributed by atoms with Crippen LogP contribution in [-0.2, 0) is 19.6 Å². The number of aryl methyl sites for hydroxylation is 1. The quantitative estimate of drug-likeness (QED) is 0.438. The maximum Gasteiger partial charge on any atom is 0.264 e. The molecule has 0 unspecified atom stereocenters. The molecule has 1 aliphatic carbocycles. The average molecular weight is 505 g/mol. The average Bonchev–Trinajstić information content (AvgIpc) is 2.87. The maximum atomic E-state index is 13.5. The van der Waals surface area contributed by atoms with Gasteiger partial charge >= 0.3 is 0 Å². The Kier molecular flexibility index (Phi) is 9.80. The minimum Gasteiger partial charge on any atom is -0.493 e. The number of amides is 1. The van der Waals surface area contributed by atoms with Crippen molar-refractivity contribution in [3.05, 3.63) is 48.0 Å². The van der Waals surface area contributed by atoms with Crippen LogP contribution in [0, 0.1) is 6.92 Å². The first-order valence-corrected chi connectivity index (χ1v) is 13.5. The highest BCUT2D eigenvalue weighted by atomic mass is 32.2. The first kappa shape index (κ1) is 26.8. The molecule has 2 aromatic carbocycles.